The smallest absolute Gasteiger partial charge is 0.152 e. The Hall–Kier alpha value is -1.03. The number of ether oxygens (including phenoxy) is 1. The molecule has 4 heteroatoms. The van der Waals surface area contributed by atoms with Crippen LogP contribution in [-0.2, 0) is 4.74 Å². The molecule has 0 spiro atoms. The Bertz CT molecular complexity index is 589. The summed E-state index contributed by atoms with van der Waals surface area (Å²) in [5.74, 6) is 1.60. The fourth-order valence-corrected chi connectivity index (χ4v) is 3.16. The normalized spacial score (nSPS) is 20.2. The first kappa shape index (κ1) is 14.9. The van der Waals surface area contributed by atoms with Crippen molar-refractivity contribution in [3.8, 4) is 0 Å². The lowest BCUT2D eigenvalue weighted by molar-refractivity contribution is 0.180. The van der Waals surface area contributed by atoms with Crippen molar-refractivity contribution in [3.63, 3.8) is 0 Å². The van der Waals surface area contributed by atoms with E-state index in [-0.39, 0.29) is 6.04 Å². The first-order valence-electron chi connectivity index (χ1n) is 7.77. The summed E-state index contributed by atoms with van der Waals surface area (Å²) in [6, 6.07) is 8.23. The molecule has 2 atom stereocenters. The standard InChI is InChI=1S/C17H22ClNO2/c1-2-7-19-15(9-12-6-8-20-11-12)16-10-13-4-3-5-14(18)17(13)21-16/h3-5,10,12,15,19H,2,6-9,11H2,1H3. The van der Waals surface area contributed by atoms with Crippen LogP contribution in [0, 0.1) is 5.92 Å². The number of nitrogens with one attached hydrogen (secondary N) is 1. The Morgan fingerprint density at radius 1 is 1.43 bits per heavy atom. The molecule has 1 aromatic carbocycles. The molecule has 2 aromatic rings. The van der Waals surface area contributed by atoms with Crippen molar-refractivity contribution in [2.45, 2.75) is 32.2 Å². The fraction of sp³-hybridized carbons (Fsp3) is 0.529. The molecule has 0 radical (unpaired) electrons. The van der Waals surface area contributed by atoms with Gasteiger partial charge in [-0.15, -0.1) is 0 Å². The van der Waals surface area contributed by atoms with Gasteiger partial charge in [0.25, 0.3) is 0 Å². The van der Waals surface area contributed by atoms with Crippen LogP contribution in [0.15, 0.2) is 28.7 Å². The summed E-state index contributed by atoms with van der Waals surface area (Å²) in [5, 5.41) is 5.35. The van der Waals surface area contributed by atoms with Crippen molar-refractivity contribution in [3.05, 3.63) is 35.0 Å². The molecule has 3 nitrogen and oxygen atoms in total. The van der Waals surface area contributed by atoms with Gasteiger partial charge in [-0.25, -0.2) is 0 Å². The zero-order chi connectivity index (χ0) is 14.7. The number of halogens is 1. The van der Waals surface area contributed by atoms with Crippen molar-refractivity contribution >= 4 is 22.6 Å². The number of hydrogen-bond donors (Lipinski definition) is 1. The minimum absolute atomic E-state index is 0.236. The van der Waals surface area contributed by atoms with Crippen LogP contribution in [0.4, 0.5) is 0 Å². The van der Waals surface area contributed by atoms with E-state index in [4.69, 9.17) is 20.8 Å². The van der Waals surface area contributed by atoms with Crippen LogP contribution in [0.2, 0.25) is 5.02 Å². The third-order valence-corrected chi connectivity index (χ3v) is 4.39. The number of para-hydroxylation sites is 1. The van der Waals surface area contributed by atoms with Gasteiger partial charge in [-0.1, -0.05) is 30.7 Å². The van der Waals surface area contributed by atoms with Crippen LogP contribution < -0.4 is 5.32 Å². The third-order valence-electron chi connectivity index (χ3n) is 4.09. The van der Waals surface area contributed by atoms with Gasteiger partial charge in [-0.2, -0.15) is 0 Å². The van der Waals surface area contributed by atoms with Gasteiger partial charge in [0.15, 0.2) is 5.58 Å². The van der Waals surface area contributed by atoms with E-state index in [1.807, 2.05) is 18.2 Å². The fourth-order valence-electron chi connectivity index (χ4n) is 2.94. The van der Waals surface area contributed by atoms with Gasteiger partial charge >= 0.3 is 0 Å². The molecule has 2 heterocycles. The van der Waals surface area contributed by atoms with Crippen LogP contribution in [0.5, 0.6) is 0 Å². The minimum atomic E-state index is 0.236. The molecule has 3 rings (SSSR count). The average molecular weight is 308 g/mol. The largest absolute Gasteiger partial charge is 0.458 e. The van der Waals surface area contributed by atoms with Gasteiger partial charge in [0.1, 0.15) is 5.76 Å². The Kier molecular flexibility index (Phi) is 4.84. The van der Waals surface area contributed by atoms with Gasteiger partial charge in [-0.3, -0.25) is 0 Å². The van der Waals surface area contributed by atoms with Crippen LogP contribution in [0.25, 0.3) is 11.0 Å². The van der Waals surface area contributed by atoms with E-state index in [9.17, 15) is 0 Å². The van der Waals surface area contributed by atoms with Gasteiger partial charge in [0, 0.05) is 18.6 Å². The van der Waals surface area contributed by atoms with Crippen LogP contribution in [-0.4, -0.2) is 19.8 Å². The van der Waals surface area contributed by atoms with Gasteiger partial charge in [0.05, 0.1) is 11.1 Å². The van der Waals surface area contributed by atoms with Crippen LogP contribution >= 0.6 is 11.6 Å². The van der Waals surface area contributed by atoms with Crippen LogP contribution in [0.3, 0.4) is 0 Å². The zero-order valence-electron chi connectivity index (χ0n) is 12.4. The van der Waals surface area contributed by atoms with Gasteiger partial charge in [-0.05, 0) is 43.9 Å². The topological polar surface area (TPSA) is 34.4 Å². The van der Waals surface area contributed by atoms with Crippen molar-refractivity contribution in [2.75, 3.05) is 19.8 Å². The highest BCUT2D eigenvalue weighted by Crippen LogP contribution is 2.33. The highest BCUT2D eigenvalue weighted by atomic mass is 35.5. The molecule has 114 valence electrons. The molecule has 0 aliphatic carbocycles. The van der Waals surface area contributed by atoms with Crippen molar-refractivity contribution in [1.29, 1.82) is 0 Å². The third kappa shape index (κ3) is 3.42. The van der Waals surface area contributed by atoms with E-state index in [2.05, 4.69) is 18.3 Å². The molecule has 0 amide bonds. The second-order valence-electron chi connectivity index (χ2n) is 5.78. The van der Waals surface area contributed by atoms with Crippen molar-refractivity contribution in [2.24, 2.45) is 5.92 Å². The van der Waals surface area contributed by atoms with E-state index < -0.39 is 0 Å². The van der Waals surface area contributed by atoms with E-state index >= 15 is 0 Å². The monoisotopic (exact) mass is 307 g/mol. The lowest BCUT2D eigenvalue weighted by Crippen LogP contribution is -2.24. The number of hydrogen-bond acceptors (Lipinski definition) is 3. The molecule has 2 unspecified atom stereocenters. The molecular weight excluding hydrogens is 286 g/mol. The lowest BCUT2D eigenvalue weighted by Gasteiger charge is -2.19. The highest BCUT2D eigenvalue weighted by molar-refractivity contribution is 6.34. The first-order chi connectivity index (χ1) is 10.3. The molecule has 1 aromatic heterocycles. The molecule has 1 N–H and O–H groups in total. The van der Waals surface area contributed by atoms with Crippen molar-refractivity contribution in [1.82, 2.24) is 5.32 Å². The maximum Gasteiger partial charge on any atom is 0.152 e. The minimum Gasteiger partial charge on any atom is -0.458 e. The Morgan fingerprint density at radius 3 is 3.05 bits per heavy atom. The van der Waals surface area contributed by atoms with E-state index in [0.717, 1.165) is 55.8 Å². The molecule has 1 aliphatic rings. The molecule has 1 aliphatic heterocycles. The quantitative estimate of drug-likeness (QED) is 0.850. The molecule has 1 fully saturated rings. The summed E-state index contributed by atoms with van der Waals surface area (Å²) in [4.78, 5) is 0. The summed E-state index contributed by atoms with van der Waals surface area (Å²) in [5.41, 5.74) is 0.792. The second kappa shape index (κ2) is 6.82. The average Bonchev–Trinajstić information content (AvgIpc) is 3.13. The Morgan fingerprint density at radius 2 is 2.33 bits per heavy atom. The molecule has 21 heavy (non-hydrogen) atoms. The predicted octanol–water partition coefficient (Wildman–Crippen LogP) is 4.55. The Labute approximate surface area is 130 Å². The maximum absolute atomic E-state index is 6.22. The summed E-state index contributed by atoms with van der Waals surface area (Å²) in [6.45, 7) is 4.92. The number of fused-ring (bicyclic) bond motifs is 1. The zero-order valence-corrected chi connectivity index (χ0v) is 13.2. The van der Waals surface area contributed by atoms with Crippen molar-refractivity contribution < 1.29 is 9.15 Å². The molecule has 0 bridgehead atoms. The predicted molar refractivity (Wildman–Crippen MR) is 85.8 cm³/mol. The summed E-state index contributed by atoms with van der Waals surface area (Å²) in [7, 11) is 0. The highest BCUT2D eigenvalue weighted by Gasteiger charge is 2.24. The second-order valence-corrected chi connectivity index (χ2v) is 6.19. The maximum atomic E-state index is 6.22. The van der Waals surface area contributed by atoms with E-state index in [0.29, 0.717) is 10.9 Å². The number of benzene rings is 1. The summed E-state index contributed by atoms with van der Waals surface area (Å²) in [6.07, 6.45) is 3.31. The van der Waals surface area contributed by atoms with Crippen LogP contribution in [0.1, 0.15) is 38.0 Å². The van der Waals surface area contributed by atoms with Gasteiger partial charge < -0.3 is 14.5 Å². The molecule has 1 saturated heterocycles. The summed E-state index contributed by atoms with van der Waals surface area (Å²) < 4.78 is 11.5. The molecular formula is C17H22ClNO2. The lowest BCUT2D eigenvalue weighted by atomic mass is 9.97. The van der Waals surface area contributed by atoms with E-state index in [1.165, 1.54) is 0 Å². The Balaban J connectivity index is 1.83. The summed E-state index contributed by atoms with van der Waals surface area (Å²) >= 11 is 6.22. The number of furan rings is 1. The molecule has 0 saturated carbocycles. The number of rotatable bonds is 6. The van der Waals surface area contributed by atoms with E-state index in [1.54, 1.807) is 0 Å². The SMILES string of the molecule is CCCNC(CC1CCOC1)c1cc2cccc(Cl)c2o1. The van der Waals surface area contributed by atoms with Gasteiger partial charge in [0.2, 0.25) is 0 Å². The first-order valence-corrected chi connectivity index (χ1v) is 8.14.